The van der Waals surface area contributed by atoms with Gasteiger partial charge in [-0.1, -0.05) is 42.0 Å². The van der Waals surface area contributed by atoms with Crippen LogP contribution in [0.2, 0.25) is 0 Å². The number of cyclic esters (lactones) is 1. The number of rotatable bonds is 5. The Morgan fingerprint density at radius 1 is 1.06 bits per heavy atom. The summed E-state index contributed by atoms with van der Waals surface area (Å²) in [7, 11) is 0. The van der Waals surface area contributed by atoms with Crippen LogP contribution in [0.1, 0.15) is 49.0 Å². The number of benzene rings is 2. The Kier molecular flexibility index (Phi) is 6.44. The van der Waals surface area contributed by atoms with Crippen molar-refractivity contribution in [3.05, 3.63) is 65.2 Å². The fraction of sp³-hybridized carbons (Fsp3) is 0.400. The maximum atomic E-state index is 13.6. The summed E-state index contributed by atoms with van der Waals surface area (Å²) in [5.74, 6) is -0.273. The molecule has 3 amide bonds. The molecule has 0 spiro atoms. The highest BCUT2D eigenvalue weighted by molar-refractivity contribution is 5.90. The van der Waals surface area contributed by atoms with Crippen LogP contribution in [0.5, 0.6) is 0 Å². The lowest BCUT2D eigenvalue weighted by molar-refractivity contribution is -0.137. The molecule has 0 radical (unpaired) electrons. The van der Waals surface area contributed by atoms with Gasteiger partial charge in [0.25, 0.3) is 0 Å². The Morgan fingerprint density at radius 2 is 1.78 bits per heavy atom. The first-order valence-corrected chi connectivity index (χ1v) is 11.1. The van der Waals surface area contributed by atoms with E-state index in [0.717, 1.165) is 30.4 Å². The SMILES string of the molecule is CC(=O)Nc1cccc(C2OC(=O)N(Cc3ccc(C)cc3)C2C(=O)N2CCCCC2)c1. The minimum Gasteiger partial charge on any atom is -0.438 e. The molecule has 2 unspecified atom stereocenters. The molecule has 0 saturated carbocycles. The Bertz CT molecular complexity index is 999. The van der Waals surface area contributed by atoms with E-state index in [1.165, 1.54) is 11.8 Å². The molecule has 0 bridgehead atoms. The topological polar surface area (TPSA) is 79.0 Å². The summed E-state index contributed by atoms with van der Waals surface area (Å²) >= 11 is 0. The van der Waals surface area contributed by atoms with E-state index in [9.17, 15) is 14.4 Å². The smallest absolute Gasteiger partial charge is 0.411 e. The van der Waals surface area contributed by atoms with Crippen LogP contribution in [0.15, 0.2) is 48.5 Å². The summed E-state index contributed by atoms with van der Waals surface area (Å²) in [4.78, 5) is 41.5. The summed E-state index contributed by atoms with van der Waals surface area (Å²) in [6.07, 6.45) is 1.80. The predicted octanol–water partition coefficient (Wildman–Crippen LogP) is 4.03. The molecule has 2 atom stereocenters. The van der Waals surface area contributed by atoms with Crippen LogP contribution in [0.25, 0.3) is 0 Å². The summed E-state index contributed by atoms with van der Waals surface area (Å²) in [6, 6.07) is 14.3. The minimum atomic E-state index is -0.755. The van der Waals surface area contributed by atoms with Crippen LogP contribution < -0.4 is 5.32 Å². The van der Waals surface area contributed by atoms with E-state index in [1.807, 2.05) is 42.2 Å². The molecule has 2 saturated heterocycles. The molecule has 168 valence electrons. The van der Waals surface area contributed by atoms with Gasteiger partial charge in [0.2, 0.25) is 11.8 Å². The van der Waals surface area contributed by atoms with E-state index in [-0.39, 0.29) is 11.8 Å². The summed E-state index contributed by atoms with van der Waals surface area (Å²) in [6.45, 7) is 5.13. The molecule has 2 heterocycles. The van der Waals surface area contributed by atoms with Gasteiger partial charge in [-0.15, -0.1) is 0 Å². The third-order valence-corrected chi connectivity index (χ3v) is 6.01. The van der Waals surface area contributed by atoms with E-state index in [0.29, 0.717) is 30.9 Å². The van der Waals surface area contributed by atoms with Crippen molar-refractivity contribution in [2.45, 2.75) is 51.8 Å². The van der Waals surface area contributed by atoms with Crippen LogP contribution in [0.4, 0.5) is 10.5 Å². The molecule has 2 aromatic carbocycles. The van der Waals surface area contributed by atoms with Crippen LogP contribution in [-0.2, 0) is 20.9 Å². The Hall–Kier alpha value is -3.35. The zero-order valence-electron chi connectivity index (χ0n) is 18.5. The van der Waals surface area contributed by atoms with Crippen molar-refractivity contribution in [3.8, 4) is 0 Å². The first-order chi connectivity index (χ1) is 15.4. The van der Waals surface area contributed by atoms with E-state index in [2.05, 4.69) is 5.32 Å². The molecule has 7 nitrogen and oxygen atoms in total. The van der Waals surface area contributed by atoms with Crippen molar-refractivity contribution in [1.29, 1.82) is 0 Å². The largest absolute Gasteiger partial charge is 0.438 e. The Balaban J connectivity index is 1.66. The number of anilines is 1. The number of carbonyl (C=O) groups excluding carboxylic acids is 3. The number of aryl methyl sites for hydroxylation is 1. The van der Waals surface area contributed by atoms with Crippen molar-refractivity contribution in [2.75, 3.05) is 18.4 Å². The lowest BCUT2D eigenvalue weighted by atomic mass is 9.98. The van der Waals surface area contributed by atoms with Crippen LogP contribution in [-0.4, -0.2) is 46.8 Å². The highest BCUT2D eigenvalue weighted by Crippen LogP contribution is 2.36. The molecule has 2 aliphatic heterocycles. The number of nitrogens with one attached hydrogen (secondary N) is 1. The number of ether oxygens (including phenoxy) is 1. The average molecular weight is 436 g/mol. The normalized spacial score (nSPS) is 20.8. The van der Waals surface area contributed by atoms with Gasteiger partial charge in [-0.05, 0) is 49.4 Å². The number of carbonyl (C=O) groups is 3. The van der Waals surface area contributed by atoms with Crippen LogP contribution in [0, 0.1) is 6.92 Å². The van der Waals surface area contributed by atoms with Crippen molar-refractivity contribution >= 4 is 23.6 Å². The number of amides is 3. The Morgan fingerprint density at radius 3 is 2.47 bits per heavy atom. The van der Waals surface area contributed by atoms with Gasteiger partial charge < -0.3 is 15.0 Å². The van der Waals surface area contributed by atoms with Crippen LogP contribution in [0.3, 0.4) is 0 Å². The van der Waals surface area contributed by atoms with Gasteiger partial charge in [-0.3, -0.25) is 14.5 Å². The first-order valence-electron chi connectivity index (χ1n) is 11.1. The van der Waals surface area contributed by atoms with Crippen molar-refractivity contribution in [2.24, 2.45) is 0 Å². The summed E-state index contributed by atoms with van der Waals surface area (Å²) in [5.41, 5.74) is 3.36. The number of piperidine rings is 1. The number of hydrogen-bond donors (Lipinski definition) is 1. The second-order valence-corrected chi connectivity index (χ2v) is 8.56. The third kappa shape index (κ3) is 4.77. The lowest BCUT2D eigenvalue weighted by Crippen LogP contribution is -2.49. The van der Waals surface area contributed by atoms with E-state index < -0.39 is 18.2 Å². The molecule has 0 aliphatic carbocycles. The van der Waals surface area contributed by atoms with Gasteiger partial charge >= 0.3 is 6.09 Å². The molecule has 2 aromatic rings. The zero-order chi connectivity index (χ0) is 22.7. The molecule has 1 N–H and O–H groups in total. The minimum absolute atomic E-state index is 0.0856. The van der Waals surface area contributed by atoms with Crippen LogP contribution >= 0.6 is 0 Å². The molecular formula is C25H29N3O4. The predicted molar refractivity (Wildman–Crippen MR) is 121 cm³/mol. The molecule has 0 aromatic heterocycles. The molecule has 32 heavy (non-hydrogen) atoms. The van der Waals surface area contributed by atoms with E-state index in [1.54, 1.807) is 18.2 Å². The highest BCUT2D eigenvalue weighted by Gasteiger charge is 2.48. The third-order valence-electron chi connectivity index (χ3n) is 6.01. The fourth-order valence-corrected chi connectivity index (χ4v) is 4.38. The maximum Gasteiger partial charge on any atom is 0.411 e. The maximum absolute atomic E-state index is 13.6. The molecule has 4 rings (SSSR count). The quantitative estimate of drug-likeness (QED) is 0.769. The van der Waals surface area contributed by atoms with Gasteiger partial charge in [-0.2, -0.15) is 0 Å². The van der Waals surface area contributed by atoms with Crippen molar-refractivity contribution in [3.63, 3.8) is 0 Å². The zero-order valence-corrected chi connectivity index (χ0v) is 18.5. The van der Waals surface area contributed by atoms with E-state index >= 15 is 0 Å². The summed E-state index contributed by atoms with van der Waals surface area (Å²) < 4.78 is 5.77. The number of nitrogens with zero attached hydrogens (tertiary/aromatic N) is 2. The van der Waals surface area contributed by atoms with Gasteiger partial charge in [0.05, 0.1) is 6.54 Å². The average Bonchev–Trinajstić information content (AvgIpc) is 3.11. The van der Waals surface area contributed by atoms with Gasteiger partial charge in [0.15, 0.2) is 12.1 Å². The molecule has 7 heteroatoms. The van der Waals surface area contributed by atoms with E-state index in [4.69, 9.17) is 4.74 Å². The molecule has 2 fully saturated rings. The van der Waals surface area contributed by atoms with Crippen molar-refractivity contribution in [1.82, 2.24) is 9.80 Å². The second-order valence-electron chi connectivity index (χ2n) is 8.56. The monoisotopic (exact) mass is 435 g/mol. The highest BCUT2D eigenvalue weighted by atomic mass is 16.6. The standard InChI is InChI=1S/C25H29N3O4/c1-17-9-11-19(12-10-17)16-28-22(24(30)27-13-4-3-5-14-27)23(32-25(28)31)20-7-6-8-21(15-20)26-18(2)29/h6-12,15,22-23H,3-5,13-14,16H2,1-2H3,(H,26,29). The van der Waals surface area contributed by atoms with Gasteiger partial charge in [-0.25, -0.2) is 4.79 Å². The molecular weight excluding hydrogens is 406 g/mol. The lowest BCUT2D eigenvalue weighted by Gasteiger charge is -2.33. The number of likely N-dealkylation sites (tertiary alicyclic amines) is 1. The number of hydrogen-bond acceptors (Lipinski definition) is 4. The first kappa shape index (κ1) is 21.9. The fourth-order valence-electron chi connectivity index (χ4n) is 4.38. The van der Waals surface area contributed by atoms with Crippen molar-refractivity contribution < 1.29 is 19.1 Å². The second kappa shape index (κ2) is 9.42. The molecule has 2 aliphatic rings. The summed E-state index contributed by atoms with van der Waals surface area (Å²) in [5, 5.41) is 2.76. The van der Waals surface area contributed by atoms with Gasteiger partial charge in [0, 0.05) is 25.7 Å². The van der Waals surface area contributed by atoms with Gasteiger partial charge in [0.1, 0.15) is 0 Å². The Labute approximate surface area is 188 Å².